The van der Waals surface area contributed by atoms with E-state index in [4.69, 9.17) is 5.73 Å². The van der Waals surface area contributed by atoms with Gasteiger partial charge in [0.05, 0.1) is 5.56 Å². The second kappa shape index (κ2) is 7.31. The number of rotatable bonds is 4. The van der Waals surface area contributed by atoms with Gasteiger partial charge in [0.2, 0.25) is 0 Å². The van der Waals surface area contributed by atoms with Crippen LogP contribution in [0.25, 0.3) is 0 Å². The third-order valence-electron chi connectivity index (χ3n) is 2.67. The van der Waals surface area contributed by atoms with Crippen molar-refractivity contribution in [3.05, 3.63) is 46.3 Å². The van der Waals surface area contributed by atoms with Crippen molar-refractivity contribution >= 4 is 39.3 Å². The van der Waals surface area contributed by atoms with Gasteiger partial charge in [-0.15, -0.1) is 11.8 Å². The Balaban J connectivity index is 2.41. The molecule has 0 fully saturated rings. The molecule has 9 heteroatoms. The molecule has 0 aliphatic rings. The van der Waals surface area contributed by atoms with Gasteiger partial charge in [-0.2, -0.15) is 13.2 Å². The second-order valence-electron chi connectivity index (χ2n) is 4.33. The third kappa shape index (κ3) is 4.68. The summed E-state index contributed by atoms with van der Waals surface area (Å²) in [5.74, 6) is 0.690. The normalized spacial score (nSPS) is 12.5. The predicted octanol–water partition coefficient (Wildman–Crippen LogP) is 4.41. The number of thioether (sulfide) groups is 1. The molecule has 2 N–H and O–H groups in total. The van der Waals surface area contributed by atoms with Crippen molar-refractivity contribution in [3.63, 3.8) is 0 Å². The highest BCUT2D eigenvalue weighted by atomic mass is 79.9. The maximum absolute atomic E-state index is 12.7. The van der Waals surface area contributed by atoms with Crippen LogP contribution in [0.3, 0.4) is 0 Å². The summed E-state index contributed by atoms with van der Waals surface area (Å²) in [5, 5.41) is 0. The summed E-state index contributed by atoms with van der Waals surface area (Å²) in [6, 6.07) is 3.56. The van der Waals surface area contributed by atoms with E-state index in [1.807, 2.05) is 13.0 Å². The molecule has 0 aromatic carbocycles. The smallest absolute Gasteiger partial charge is 0.382 e. The Morgan fingerprint density at radius 1 is 1.35 bits per heavy atom. The monoisotopic (exact) mass is 404 g/mol. The largest absolute Gasteiger partial charge is 0.416 e. The van der Waals surface area contributed by atoms with E-state index in [2.05, 4.69) is 30.9 Å². The molecule has 0 unspecified atom stereocenters. The van der Waals surface area contributed by atoms with Gasteiger partial charge in [-0.25, -0.2) is 9.98 Å². The van der Waals surface area contributed by atoms with Crippen LogP contribution >= 0.6 is 27.7 Å². The molecule has 0 spiro atoms. The summed E-state index contributed by atoms with van der Waals surface area (Å²) < 4.78 is 38.9. The van der Waals surface area contributed by atoms with Crippen molar-refractivity contribution in [3.8, 4) is 0 Å². The molecule has 122 valence electrons. The molecule has 2 aromatic heterocycles. The molecular weight excluding hydrogens is 393 g/mol. The van der Waals surface area contributed by atoms with Crippen LogP contribution in [0.15, 0.2) is 45.0 Å². The Morgan fingerprint density at radius 2 is 2.09 bits per heavy atom. The highest BCUT2D eigenvalue weighted by molar-refractivity contribution is 9.10. The number of aromatic nitrogens is 2. The molecule has 0 atom stereocenters. The van der Waals surface area contributed by atoms with Crippen LogP contribution in [-0.4, -0.2) is 21.6 Å². The van der Waals surface area contributed by atoms with Gasteiger partial charge in [-0.3, -0.25) is 4.98 Å². The minimum Gasteiger partial charge on any atom is -0.382 e. The van der Waals surface area contributed by atoms with Crippen molar-refractivity contribution in [1.29, 1.82) is 0 Å². The van der Waals surface area contributed by atoms with Gasteiger partial charge < -0.3 is 5.73 Å². The van der Waals surface area contributed by atoms with Gasteiger partial charge in [-0.1, -0.05) is 6.92 Å². The fourth-order valence-electron chi connectivity index (χ4n) is 1.71. The average molecular weight is 405 g/mol. The van der Waals surface area contributed by atoms with Crippen LogP contribution in [0.4, 0.5) is 19.0 Å². The standard InChI is InChI=1S/C14H12BrF3N4S/c1-2-23-10-6-9(15)7-21-12(10)13(19)22-11-5-8(3-4-20-11)14(16,17)18/h3-7H,2H2,1H3,(H2,19,20,22). The van der Waals surface area contributed by atoms with E-state index in [-0.39, 0.29) is 11.7 Å². The number of nitrogens with two attached hydrogens (primary N) is 1. The lowest BCUT2D eigenvalue weighted by Gasteiger charge is -2.08. The summed E-state index contributed by atoms with van der Waals surface area (Å²) in [4.78, 5) is 12.7. The first-order valence-corrected chi connectivity index (χ1v) is 8.25. The van der Waals surface area contributed by atoms with Gasteiger partial charge >= 0.3 is 6.18 Å². The third-order valence-corrected chi connectivity index (χ3v) is 4.01. The highest BCUT2D eigenvalue weighted by Gasteiger charge is 2.30. The van der Waals surface area contributed by atoms with Crippen molar-refractivity contribution in [1.82, 2.24) is 9.97 Å². The summed E-state index contributed by atoms with van der Waals surface area (Å²) >= 11 is 4.83. The number of hydrogen-bond donors (Lipinski definition) is 1. The maximum atomic E-state index is 12.7. The van der Waals surface area contributed by atoms with E-state index < -0.39 is 11.7 Å². The van der Waals surface area contributed by atoms with E-state index in [9.17, 15) is 13.2 Å². The number of nitrogens with zero attached hydrogens (tertiary/aromatic N) is 3. The van der Waals surface area contributed by atoms with Crippen LogP contribution in [0.5, 0.6) is 0 Å². The first-order chi connectivity index (χ1) is 10.8. The molecule has 0 saturated heterocycles. The molecule has 0 bridgehead atoms. The minimum absolute atomic E-state index is 0.0141. The average Bonchev–Trinajstić information content (AvgIpc) is 2.47. The van der Waals surface area contributed by atoms with Crippen LogP contribution < -0.4 is 5.73 Å². The van der Waals surface area contributed by atoms with E-state index >= 15 is 0 Å². The number of hydrogen-bond acceptors (Lipinski definition) is 4. The second-order valence-corrected chi connectivity index (χ2v) is 6.55. The Labute approximate surface area is 143 Å². The molecule has 0 amide bonds. The fourth-order valence-corrected chi connectivity index (χ4v) is 3.01. The molecule has 2 aromatic rings. The van der Waals surface area contributed by atoms with Crippen molar-refractivity contribution in [2.45, 2.75) is 18.0 Å². The zero-order chi connectivity index (χ0) is 17.0. The molecule has 0 saturated carbocycles. The molecule has 4 nitrogen and oxygen atoms in total. The Kier molecular flexibility index (Phi) is 5.64. The lowest BCUT2D eigenvalue weighted by Crippen LogP contribution is -2.16. The minimum atomic E-state index is -4.46. The van der Waals surface area contributed by atoms with Crippen LogP contribution in [0.2, 0.25) is 0 Å². The van der Waals surface area contributed by atoms with Gasteiger partial charge in [0.15, 0.2) is 11.7 Å². The van der Waals surface area contributed by atoms with Crippen molar-refractivity contribution in [2.75, 3.05) is 5.75 Å². The van der Waals surface area contributed by atoms with Gasteiger partial charge in [0.1, 0.15) is 5.69 Å². The first kappa shape index (κ1) is 17.7. The summed E-state index contributed by atoms with van der Waals surface area (Å²) in [6.45, 7) is 1.97. The number of halogens is 4. The lowest BCUT2D eigenvalue weighted by molar-refractivity contribution is -0.137. The molecule has 2 rings (SSSR count). The highest BCUT2D eigenvalue weighted by Crippen LogP contribution is 2.31. The number of alkyl halides is 3. The molecule has 0 radical (unpaired) electrons. The van der Waals surface area contributed by atoms with Gasteiger partial charge in [0, 0.05) is 21.8 Å². The van der Waals surface area contributed by atoms with Crippen LogP contribution in [0.1, 0.15) is 18.2 Å². The summed E-state index contributed by atoms with van der Waals surface area (Å²) in [5.41, 5.74) is 5.49. The van der Waals surface area contributed by atoms with Gasteiger partial charge in [-0.05, 0) is 39.9 Å². The molecular formula is C14H12BrF3N4S. The maximum Gasteiger partial charge on any atom is 0.416 e. The Morgan fingerprint density at radius 3 is 2.74 bits per heavy atom. The lowest BCUT2D eigenvalue weighted by atomic mass is 10.2. The number of pyridine rings is 2. The molecule has 2 heterocycles. The van der Waals surface area contributed by atoms with Crippen molar-refractivity contribution in [2.24, 2.45) is 10.7 Å². The number of aliphatic imine (C=N–C) groups is 1. The molecule has 0 aliphatic heterocycles. The SMILES string of the molecule is CCSc1cc(Br)cnc1C(N)=Nc1cc(C(F)(F)F)ccn1. The van der Waals surface area contributed by atoms with E-state index in [0.29, 0.717) is 5.69 Å². The molecule has 0 aliphatic carbocycles. The zero-order valence-corrected chi connectivity index (χ0v) is 14.3. The molecule has 23 heavy (non-hydrogen) atoms. The zero-order valence-electron chi connectivity index (χ0n) is 11.9. The Bertz CT molecular complexity index is 734. The van der Waals surface area contributed by atoms with E-state index in [1.54, 1.807) is 6.20 Å². The van der Waals surface area contributed by atoms with Gasteiger partial charge in [0.25, 0.3) is 0 Å². The summed E-state index contributed by atoms with van der Waals surface area (Å²) in [7, 11) is 0. The quantitative estimate of drug-likeness (QED) is 0.465. The van der Waals surface area contributed by atoms with Crippen LogP contribution in [-0.2, 0) is 6.18 Å². The number of amidine groups is 1. The van der Waals surface area contributed by atoms with E-state index in [0.717, 1.165) is 33.5 Å². The fraction of sp³-hybridized carbons (Fsp3) is 0.214. The van der Waals surface area contributed by atoms with E-state index in [1.165, 1.54) is 11.8 Å². The summed E-state index contributed by atoms with van der Waals surface area (Å²) in [6.07, 6.45) is -1.86. The first-order valence-electron chi connectivity index (χ1n) is 6.47. The topological polar surface area (TPSA) is 64.2 Å². The van der Waals surface area contributed by atoms with Crippen LogP contribution in [0, 0.1) is 0 Å². The van der Waals surface area contributed by atoms with Crippen molar-refractivity contribution < 1.29 is 13.2 Å². The predicted molar refractivity (Wildman–Crippen MR) is 88.0 cm³/mol. The Hall–Kier alpha value is -1.61.